The van der Waals surface area contributed by atoms with Gasteiger partial charge in [-0.2, -0.15) is 0 Å². The van der Waals surface area contributed by atoms with Gasteiger partial charge in [0.2, 0.25) is 5.91 Å². The summed E-state index contributed by atoms with van der Waals surface area (Å²) in [6.45, 7) is 0. The number of anilines is 1. The van der Waals surface area contributed by atoms with E-state index in [1.807, 2.05) is 18.2 Å². The number of carbonyl (C=O) groups is 1. The van der Waals surface area contributed by atoms with Gasteiger partial charge in [-0.25, -0.2) is 0 Å². The van der Waals surface area contributed by atoms with Crippen molar-refractivity contribution in [2.75, 3.05) is 11.1 Å². The van der Waals surface area contributed by atoms with Crippen LogP contribution in [0.25, 0.3) is 0 Å². The van der Waals surface area contributed by atoms with Gasteiger partial charge in [-0.1, -0.05) is 29.8 Å². The van der Waals surface area contributed by atoms with Crippen LogP contribution in [0.4, 0.5) is 5.69 Å². The van der Waals surface area contributed by atoms with Crippen LogP contribution >= 0.6 is 11.6 Å². The summed E-state index contributed by atoms with van der Waals surface area (Å²) in [5, 5.41) is 3.33. The van der Waals surface area contributed by atoms with Crippen LogP contribution < -0.4 is 11.1 Å². The zero-order valence-electron chi connectivity index (χ0n) is 11.9. The van der Waals surface area contributed by atoms with Crippen molar-refractivity contribution in [1.82, 2.24) is 0 Å². The van der Waals surface area contributed by atoms with Gasteiger partial charge in [-0.3, -0.25) is 9.00 Å². The molecule has 0 aliphatic carbocycles. The number of halogens is 1. The fraction of sp³-hybridized carbons (Fsp3) is 0.188. The molecular weight excluding hydrogens is 320 g/mol. The van der Waals surface area contributed by atoms with E-state index in [1.54, 1.807) is 36.4 Å². The minimum absolute atomic E-state index is 0.278. The van der Waals surface area contributed by atoms with E-state index < -0.39 is 16.8 Å². The SMILES string of the molecule is NC(CCS(=O)c1ccc(Cl)cc1)C(=O)Nc1ccccc1. The predicted octanol–water partition coefficient (Wildman–Crippen LogP) is 2.80. The maximum Gasteiger partial charge on any atom is 0.241 e. The van der Waals surface area contributed by atoms with E-state index in [4.69, 9.17) is 17.3 Å². The molecule has 0 heterocycles. The van der Waals surface area contributed by atoms with Crippen LogP contribution in [0.2, 0.25) is 5.02 Å². The first-order valence-electron chi connectivity index (χ1n) is 6.81. The molecule has 0 saturated carbocycles. The molecule has 6 heteroatoms. The Hall–Kier alpha value is -1.69. The molecule has 2 rings (SSSR count). The minimum Gasteiger partial charge on any atom is -0.325 e. The first-order valence-corrected chi connectivity index (χ1v) is 8.51. The van der Waals surface area contributed by atoms with Crippen LogP contribution in [0.1, 0.15) is 6.42 Å². The molecule has 1 amide bonds. The molecule has 2 unspecified atom stereocenters. The number of amides is 1. The monoisotopic (exact) mass is 336 g/mol. The Morgan fingerprint density at radius 2 is 1.77 bits per heavy atom. The van der Waals surface area contributed by atoms with E-state index in [9.17, 15) is 9.00 Å². The molecule has 0 fully saturated rings. The number of hydrogen-bond acceptors (Lipinski definition) is 3. The average Bonchev–Trinajstić information content (AvgIpc) is 2.53. The predicted molar refractivity (Wildman–Crippen MR) is 90.4 cm³/mol. The Kier molecular flexibility index (Phi) is 6.12. The first-order chi connectivity index (χ1) is 10.6. The molecule has 0 aliphatic heterocycles. The standard InChI is InChI=1S/C16H17ClN2O2S/c17-12-6-8-14(9-7-12)22(21)11-10-15(18)16(20)19-13-4-2-1-3-5-13/h1-9,15H,10-11,18H2,(H,19,20). The van der Waals surface area contributed by atoms with Crippen molar-refractivity contribution < 1.29 is 9.00 Å². The number of hydrogen-bond donors (Lipinski definition) is 2. The number of rotatable bonds is 6. The molecule has 0 bridgehead atoms. The fourth-order valence-corrected chi connectivity index (χ4v) is 3.10. The van der Waals surface area contributed by atoms with Gasteiger partial charge in [0.25, 0.3) is 0 Å². The van der Waals surface area contributed by atoms with E-state index in [2.05, 4.69) is 5.32 Å². The third-order valence-electron chi connectivity index (χ3n) is 3.07. The summed E-state index contributed by atoms with van der Waals surface area (Å²) in [5.41, 5.74) is 6.54. The Balaban J connectivity index is 1.84. The molecule has 0 radical (unpaired) electrons. The quantitative estimate of drug-likeness (QED) is 0.852. The Labute approximate surface area is 137 Å². The van der Waals surface area contributed by atoms with Crippen molar-refractivity contribution >= 4 is 34.0 Å². The summed E-state index contributed by atoms with van der Waals surface area (Å²) in [5.74, 6) is 0.0460. The highest BCUT2D eigenvalue weighted by Crippen LogP contribution is 2.14. The van der Waals surface area contributed by atoms with Crippen LogP contribution in [-0.2, 0) is 15.6 Å². The highest BCUT2D eigenvalue weighted by Gasteiger charge is 2.15. The van der Waals surface area contributed by atoms with Crippen LogP contribution in [0.5, 0.6) is 0 Å². The molecule has 3 N–H and O–H groups in total. The molecular formula is C16H17ClN2O2S. The molecule has 0 spiro atoms. The van der Waals surface area contributed by atoms with Gasteiger partial charge in [0.1, 0.15) is 0 Å². The normalized spacial score (nSPS) is 13.4. The van der Waals surface area contributed by atoms with Gasteiger partial charge in [-0.05, 0) is 42.8 Å². The van der Waals surface area contributed by atoms with Gasteiger partial charge in [0.05, 0.1) is 16.8 Å². The van der Waals surface area contributed by atoms with E-state index >= 15 is 0 Å². The summed E-state index contributed by atoms with van der Waals surface area (Å²) in [4.78, 5) is 12.6. The number of benzene rings is 2. The lowest BCUT2D eigenvalue weighted by Crippen LogP contribution is -2.36. The molecule has 0 aromatic heterocycles. The summed E-state index contributed by atoms with van der Waals surface area (Å²) >= 11 is 5.79. The largest absolute Gasteiger partial charge is 0.325 e. The maximum atomic E-state index is 12.1. The highest BCUT2D eigenvalue weighted by atomic mass is 35.5. The minimum atomic E-state index is -1.19. The molecule has 2 aromatic rings. The van der Waals surface area contributed by atoms with Crippen molar-refractivity contribution in [3.63, 3.8) is 0 Å². The van der Waals surface area contributed by atoms with Gasteiger partial charge >= 0.3 is 0 Å². The number of para-hydroxylation sites is 1. The molecule has 4 nitrogen and oxygen atoms in total. The van der Waals surface area contributed by atoms with Crippen molar-refractivity contribution in [2.45, 2.75) is 17.4 Å². The van der Waals surface area contributed by atoms with Gasteiger partial charge in [0, 0.05) is 21.4 Å². The topological polar surface area (TPSA) is 72.2 Å². The second kappa shape index (κ2) is 8.08. The summed E-state index contributed by atoms with van der Waals surface area (Å²) in [6, 6.07) is 15.2. The zero-order chi connectivity index (χ0) is 15.9. The third kappa shape index (κ3) is 4.94. The summed E-state index contributed by atoms with van der Waals surface area (Å²) < 4.78 is 12.1. The van der Waals surface area contributed by atoms with E-state index in [-0.39, 0.29) is 5.91 Å². The third-order valence-corrected chi connectivity index (χ3v) is 4.73. The molecule has 0 saturated heterocycles. The molecule has 2 aromatic carbocycles. The lowest BCUT2D eigenvalue weighted by atomic mass is 10.2. The molecule has 22 heavy (non-hydrogen) atoms. The number of nitrogens with one attached hydrogen (secondary N) is 1. The van der Waals surface area contributed by atoms with Gasteiger partial charge < -0.3 is 11.1 Å². The highest BCUT2D eigenvalue weighted by molar-refractivity contribution is 7.85. The van der Waals surface area contributed by atoms with E-state index in [0.717, 1.165) is 0 Å². The van der Waals surface area contributed by atoms with Crippen LogP contribution in [0.3, 0.4) is 0 Å². The second-order valence-corrected chi connectivity index (χ2v) is 6.76. The summed E-state index contributed by atoms with van der Waals surface area (Å²) in [6.07, 6.45) is 0.341. The van der Waals surface area contributed by atoms with Crippen molar-refractivity contribution in [3.8, 4) is 0 Å². The van der Waals surface area contributed by atoms with Crippen molar-refractivity contribution in [3.05, 3.63) is 59.6 Å². The fourth-order valence-electron chi connectivity index (χ4n) is 1.83. The average molecular weight is 337 g/mol. The molecule has 2 atom stereocenters. The zero-order valence-corrected chi connectivity index (χ0v) is 13.4. The smallest absolute Gasteiger partial charge is 0.241 e. The first kappa shape index (κ1) is 16.7. The van der Waals surface area contributed by atoms with Crippen molar-refractivity contribution in [1.29, 1.82) is 0 Å². The molecule has 116 valence electrons. The van der Waals surface area contributed by atoms with Crippen molar-refractivity contribution in [2.24, 2.45) is 5.73 Å². The lowest BCUT2D eigenvalue weighted by Gasteiger charge is -2.12. The number of nitrogens with two attached hydrogens (primary N) is 1. The van der Waals surface area contributed by atoms with Gasteiger partial charge in [-0.15, -0.1) is 0 Å². The summed E-state index contributed by atoms with van der Waals surface area (Å²) in [7, 11) is -1.19. The Morgan fingerprint density at radius 3 is 2.41 bits per heavy atom. The number of carbonyl (C=O) groups excluding carboxylic acids is 1. The van der Waals surface area contributed by atoms with Gasteiger partial charge in [0.15, 0.2) is 0 Å². The Bertz CT molecular complexity index is 647. The van der Waals surface area contributed by atoms with Crippen LogP contribution in [0, 0.1) is 0 Å². The van der Waals surface area contributed by atoms with Crippen LogP contribution in [-0.4, -0.2) is 21.9 Å². The molecule has 0 aliphatic rings. The Morgan fingerprint density at radius 1 is 1.14 bits per heavy atom. The van der Waals surface area contributed by atoms with Crippen LogP contribution in [0.15, 0.2) is 59.5 Å². The second-order valence-electron chi connectivity index (χ2n) is 4.75. The lowest BCUT2D eigenvalue weighted by molar-refractivity contribution is -0.117. The van der Waals surface area contributed by atoms with E-state index in [1.165, 1.54) is 0 Å². The van der Waals surface area contributed by atoms with E-state index in [0.29, 0.717) is 27.8 Å². The maximum absolute atomic E-state index is 12.1.